The van der Waals surface area contributed by atoms with Crippen molar-refractivity contribution >= 4 is 53.2 Å². The van der Waals surface area contributed by atoms with Crippen LogP contribution in [0.1, 0.15) is 0 Å². The molecule has 0 saturated heterocycles. The van der Waals surface area contributed by atoms with E-state index in [0.717, 1.165) is 6.26 Å². The molecule has 11 heteroatoms. The molecular weight excluding hydrogens is 325 g/mol. The monoisotopic (exact) mass is 335 g/mol. The van der Waals surface area contributed by atoms with E-state index in [4.69, 9.17) is 34.8 Å². The highest BCUT2D eigenvalue weighted by Crippen LogP contribution is 2.26. The fraction of sp³-hybridized carbons (Fsp3) is 1.00. The fourth-order valence-corrected chi connectivity index (χ4v) is 1.15. The third-order valence-electron chi connectivity index (χ3n) is 0.735. The molecule has 0 fully saturated rings. The van der Waals surface area contributed by atoms with E-state index in [9.17, 15) is 13.0 Å². The summed E-state index contributed by atoms with van der Waals surface area (Å²) in [4.78, 5) is 0. The van der Waals surface area contributed by atoms with Gasteiger partial charge in [-0.15, -0.1) is 9.05 Å². The molecule has 0 aliphatic rings. The van der Waals surface area contributed by atoms with Gasteiger partial charge in [0.1, 0.15) is 6.61 Å². The molecule has 0 radical (unpaired) electrons. The number of hydrogen-bond acceptors (Lipinski definition) is 6. The van der Waals surface area contributed by atoms with Crippen molar-refractivity contribution in [3.63, 3.8) is 0 Å². The van der Waals surface area contributed by atoms with E-state index >= 15 is 0 Å². The van der Waals surface area contributed by atoms with Crippen LogP contribution in [0.4, 0.5) is 0 Å². The molecule has 0 saturated carbocycles. The van der Waals surface area contributed by atoms with Gasteiger partial charge in [0.2, 0.25) is 3.79 Å². The molecule has 0 spiro atoms. The van der Waals surface area contributed by atoms with Crippen LogP contribution in [-0.2, 0) is 27.9 Å². The van der Waals surface area contributed by atoms with Crippen molar-refractivity contribution in [2.45, 2.75) is 3.79 Å². The van der Waals surface area contributed by atoms with Crippen LogP contribution in [0.25, 0.3) is 0 Å². The maximum atomic E-state index is 10.3. The highest BCUT2D eigenvalue weighted by atomic mass is 35.6. The lowest BCUT2D eigenvalue weighted by molar-refractivity contribution is 0.302. The van der Waals surface area contributed by atoms with Crippen LogP contribution < -0.4 is 0 Å². The van der Waals surface area contributed by atoms with E-state index in [1.54, 1.807) is 0 Å². The maximum Gasteiger partial charge on any atom is 0.696 e. The van der Waals surface area contributed by atoms with E-state index in [2.05, 4.69) is 13.2 Å². The van der Waals surface area contributed by atoms with Crippen LogP contribution >= 0.6 is 43.1 Å². The van der Waals surface area contributed by atoms with Gasteiger partial charge in [-0.2, -0.15) is 8.42 Å². The van der Waals surface area contributed by atoms with Gasteiger partial charge in [0.05, 0.1) is 20.5 Å². The molecule has 0 unspecified atom stereocenters. The molecule has 0 aliphatic carbocycles. The van der Waals surface area contributed by atoms with Crippen LogP contribution in [0.15, 0.2) is 0 Å². The number of rotatable bonds is 4. The van der Waals surface area contributed by atoms with Crippen LogP contribution in [0.2, 0.25) is 0 Å². The zero-order valence-corrected chi connectivity index (χ0v) is 12.6. The molecule has 6 nitrogen and oxygen atoms in total. The predicted molar refractivity (Wildman–Crippen MR) is 62.7 cm³/mol. The van der Waals surface area contributed by atoms with Gasteiger partial charge in [0.25, 0.3) is 10.1 Å². The van der Waals surface area contributed by atoms with Crippen LogP contribution in [0, 0.1) is 0 Å². The number of alkyl halides is 3. The third-order valence-corrected chi connectivity index (χ3v) is 2.20. The summed E-state index contributed by atoms with van der Waals surface area (Å²) in [5.41, 5.74) is 0. The van der Waals surface area contributed by atoms with Crippen LogP contribution in [0.3, 0.4) is 0 Å². The maximum absolute atomic E-state index is 10.3. The molecule has 16 heavy (non-hydrogen) atoms. The second-order valence-electron chi connectivity index (χ2n) is 2.17. The van der Waals surface area contributed by atoms with Gasteiger partial charge in [-0.1, -0.05) is 34.8 Å². The van der Waals surface area contributed by atoms with Gasteiger partial charge in [0, 0.05) is 4.57 Å². The summed E-state index contributed by atoms with van der Waals surface area (Å²) >= 11 is 15.5. The van der Waals surface area contributed by atoms with E-state index < -0.39 is 28.8 Å². The first-order valence-corrected chi connectivity index (χ1v) is 7.53. The van der Waals surface area contributed by atoms with Gasteiger partial charge < -0.3 is 0 Å². The molecule has 0 rings (SSSR count). The van der Waals surface area contributed by atoms with E-state index in [1.807, 2.05) is 0 Å². The normalized spacial score (nSPS) is 11.6. The largest absolute Gasteiger partial charge is 0.696 e. The molecular formula is C5H11Cl3O6PS+. The number of halogens is 3. The Labute approximate surface area is 110 Å². The second kappa shape index (κ2) is 8.83. The average molecular weight is 337 g/mol. The molecule has 98 valence electrons. The Bertz CT molecular complexity index is 294. The zero-order chi connectivity index (χ0) is 13.4. The average Bonchev–Trinajstić information content (AvgIpc) is 2.12. The van der Waals surface area contributed by atoms with Gasteiger partial charge in [-0.05, 0) is 0 Å². The molecule has 0 aromatic heterocycles. The van der Waals surface area contributed by atoms with Gasteiger partial charge >= 0.3 is 8.25 Å². The summed E-state index contributed by atoms with van der Waals surface area (Å²) in [7, 11) is -2.69. The summed E-state index contributed by atoms with van der Waals surface area (Å²) in [6.45, 7) is -0.462. The quantitative estimate of drug-likeness (QED) is 0.445. The van der Waals surface area contributed by atoms with E-state index in [1.165, 1.54) is 14.2 Å². The fourth-order valence-electron chi connectivity index (χ4n) is 0.248. The first kappa shape index (κ1) is 19.1. The van der Waals surface area contributed by atoms with E-state index in [-0.39, 0.29) is 0 Å². The lowest BCUT2D eigenvalue weighted by Crippen LogP contribution is -2.16. The summed E-state index contributed by atoms with van der Waals surface area (Å²) in [5, 5.41) is 0. The first-order valence-electron chi connectivity index (χ1n) is 3.48. The zero-order valence-electron chi connectivity index (χ0n) is 8.65. The van der Waals surface area contributed by atoms with Gasteiger partial charge in [-0.25, -0.2) is 0 Å². The molecule has 0 atom stereocenters. The summed E-state index contributed by atoms with van der Waals surface area (Å²) in [5.74, 6) is 0. The first-order chi connectivity index (χ1) is 7.02. The van der Waals surface area contributed by atoms with E-state index in [0.29, 0.717) is 0 Å². The third kappa shape index (κ3) is 20.2. The van der Waals surface area contributed by atoms with Crippen molar-refractivity contribution < 1.29 is 26.2 Å². The minimum Gasteiger partial charge on any atom is -0.266 e. The molecule has 0 N–H and O–H groups in total. The number of hydrogen-bond donors (Lipinski definition) is 0. The molecule has 0 aromatic carbocycles. The second-order valence-corrected chi connectivity index (χ2v) is 7.51. The Balaban J connectivity index is 0. The molecule has 0 aliphatic heterocycles. The van der Waals surface area contributed by atoms with Crippen LogP contribution in [0.5, 0.6) is 0 Å². The predicted octanol–water partition coefficient (Wildman–Crippen LogP) is 2.27. The molecule has 0 aromatic rings. The minimum absolute atomic E-state index is 0.462. The molecule has 0 heterocycles. The summed E-state index contributed by atoms with van der Waals surface area (Å²) in [6.07, 6.45) is 0.878. The Morgan fingerprint density at radius 3 is 1.62 bits per heavy atom. The van der Waals surface area contributed by atoms with Crippen molar-refractivity contribution in [2.24, 2.45) is 0 Å². The van der Waals surface area contributed by atoms with Crippen molar-refractivity contribution in [1.29, 1.82) is 0 Å². The highest BCUT2D eigenvalue weighted by molar-refractivity contribution is 7.86. The summed E-state index contributed by atoms with van der Waals surface area (Å²) in [6, 6.07) is 0. The molecule has 0 bridgehead atoms. The van der Waals surface area contributed by atoms with Crippen molar-refractivity contribution in [2.75, 3.05) is 27.1 Å². The smallest absolute Gasteiger partial charge is 0.266 e. The van der Waals surface area contributed by atoms with Crippen molar-refractivity contribution in [1.82, 2.24) is 0 Å². The standard InChI is InChI=1S/C3H5Cl3O3S.C2H6O3P/c1-10(7,8)9-2-3(4,5)6;1-4-6(3)5-2/h2H2,1H3;1-2H3/q;+1. The lowest BCUT2D eigenvalue weighted by atomic mass is 10.9. The lowest BCUT2D eigenvalue weighted by Gasteiger charge is -2.08. The Kier molecular flexibility index (Phi) is 10.6. The minimum atomic E-state index is -3.51. The Hall–Kier alpha value is 0.800. The Morgan fingerprint density at radius 1 is 1.19 bits per heavy atom. The topological polar surface area (TPSA) is 78.9 Å². The Morgan fingerprint density at radius 2 is 1.56 bits per heavy atom. The van der Waals surface area contributed by atoms with Gasteiger partial charge in [-0.3, -0.25) is 4.18 Å². The molecule has 0 amide bonds. The SMILES string of the molecule is CO[P+](=O)OC.CS(=O)(=O)OCC(Cl)(Cl)Cl. The summed E-state index contributed by atoms with van der Waals surface area (Å²) < 4.78 is 41.3. The van der Waals surface area contributed by atoms with Crippen molar-refractivity contribution in [3.05, 3.63) is 0 Å². The van der Waals surface area contributed by atoms with Crippen LogP contribution in [-0.4, -0.2) is 39.3 Å². The van der Waals surface area contributed by atoms with Gasteiger partial charge in [0.15, 0.2) is 0 Å². The van der Waals surface area contributed by atoms with Crippen molar-refractivity contribution in [3.8, 4) is 0 Å². The highest BCUT2D eigenvalue weighted by Gasteiger charge is 2.22.